The first-order valence-electron chi connectivity index (χ1n) is 10.9. The molecule has 1 aliphatic heterocycles. The van der Waals surface area contributed by atoms with Crippen LogP contribution < -0.4 is 15.8 Å². The van der Waals surface area contributed by atoms with Crippen LogP contribution >= 0.6 is 12.4 Å². The summed E-state index contributed by atoms with van der Waals surface area (Å²) in [4.78, 5) is 20.9. The highest BCUT2D eigenvalue weighted by atomic mass is 35.5. The smallest absolute Gasteiger partial charge is 0.305 e. The lowest BCUT2D eigenvalue weighted by atomic mass is 10.1. The minimum Gasteiger partial charge on any atom is -0.494 e. The van der Waals surface area contributed by atoms with E-state index in [1.54, 1.807) is 13.0 Å². The van der Waals surface area contributed by atoms with Gasteiger partial charge in [-0.25, -0.2) is 4.98 Å². The van der Waals surface area contributed by atoms with Crippen LogP contribution in [0.15, 0.2) is 45.8 Å². The highest BCUT2D eigenvalue weighted by Crippen LogP contribution is 2.35. The predicted molar refractivity (Wildman–Crippen MR) is 132 cm³/mol. The molecule has 7 nitrogen and oxygen atoms in total. The second kappa shape index (κ2) is 10.5. The van der Waals surface area contributed by atoms with E-state index in [4.69, 9.17) is 24.6 Å². The van der Waals surface area contributed by atoms with Crippen LogP contribution in [0.3, 0.4) is 0 Å². The Labute approximate surface area is 198 Å². The van der Waals surface area contributed by atoms with E-state index < -0.39 is 0 Å². The van der Waals surface area contributed by atoms with E-state index in [-0.39, 0.29) is 18.4 Å². The Morgan fingerprint density at radius 3 is 2.73 bits per heavy atom. The second-order valence-corrected chi connectivity index (χ2v) is 7.57. The molecule has 0 saturated carbocycles. The molecule has 8 heteroatoms. The van der Waals surface area contributed by atoms with Gasteiger partial charge in [-0.05, 0) is 57.0 Å². The number of ether oxygens (including phenoxy) is 2. The highest BCUT2D eigenvalue weighted by Gasteiger charge is 2.15. The molecule has 4 rings (SSSR count). The van der Waals surface area contributed by atoms with Crippen molar-refractivity contribution in [2.75, 3.05) is 25.5 Å². The summed E-state index contributed by atoms with van der Waals surface area (Å²) in [7, 11) is 0. The third-order valence-corrected chi connectivity index (χ3v) is 5.23. The van der Waals surface area contributed by atoms with Gasteiger partial charge in [0, 0.05) is 41.6 Å². The first kappa shape index (κ1) is 24.3. The number of hydrogen-bond donors (Lipinski definition) is 1. The summed E-state index contributed by atoms with van der Waals surface area (Å²) in [6, 6.07) is 11.4. The van der Waals surface area contributed by atoms with Crippen molar-refractivity contribution in [1.82, 2.24) is 4.98 Å². The maximum Gasteiger partial charge on any atom is 0.305 e. The average Bonchev–Trinajstić information content (AvgIpc) is 2.77. The normalized spacial score (nSPS) is 11.7. The number of nitrogen functional groups attached to an aromatic ring is 1. The van der Waals surface area contributed by atoms with E-state index in [1.165, 1.54) is 0 Å². The Kier molecular flexibility index (Phi) is 7.76. The summed E-state index contributed by atoms with van der Waals surface area (Å²) in [5.41, 5.74) is 10.0. The highest BCUT2D eigenvalue weighted by molar-refractivity contribution is 6.10. The van der Waals surface area contributed by atoms with Crippen molar-refractivity contribution >= 4 is 45.9 Å². The van der Waals surface area contributed by atoms with Crippen molar-refractivity contribution in [2.24, 2.45) is 4.99 Å². The summed E-state index contributed by atoms with van der Waals surface area (Å²) in [6.07, 6.45) is 0.909. The van der Waals surface area contributed by atoms with Crippen LogP contribution in [0.4, 0.5) is 5.69 Å². The lowest BCUT2D eigenvalue weighted by Gasteiger charge is -2.12. The van der Waals surface area contributed by atoms with E-state index in [1.807, 2.05) is 44.2 Å². The van der Waals surface area contributed by atoms with Gasteiger partial charge < -0.3 is 19.6 Å². The Bertz CT molecular complexity index is 1330. The molecule has 2 aromatic carbocycles. The van der Waals surface area contributed by atoms with Crippen LogP contribution in [0.5, 0.6) is 5.75 Å². The monoisotopic (exact) mass is 469 g/mol. The molecule has 1 heterocycles. The number of aromatic nitrogens is 1. The average molecular weight is 470 g/mol. The van der Waals surface area contributed by atoms with Gasteiger partial charge in [0.1, 0.15) is 17.0 Å². The van der Waals surface area contributed by atoms with Gasteiger partial charge in [0.25, 0.3) is 0 Å². The molecule has 0 fully saturated rings. The predicted octanol–water partition coefficient (Wildman–Crippen LogP) is 5.04. The maximum atomic E-state index is 11.5. The molecule has 0 spiro atoms. The lowest BCUT2D eigenvalue weighted by Crippen LogP contribution is -2.09. The number of hydrogen-bond acceptors (Lipinski definition) is 7. The molecule has 0 atom stereocenters. The minimum atomic E-state index is -0.212. The van der Waals surface area contributed by atoms with Gasteiger partial charge >= 0.3 is 5.97 Å². The molecule has 174 valence electrons. The third kappa shape index (κ3) is 5.20. The van der Waals surface area contributed by atoms with Gasteiger partial charge in [0.05, 0.1) is 18.6 Å². The summed E-state index contributed by atoms with van der Waals surface area (Å²) < 4.78 is 17.0. The quantitative estimate of drug-likeness (QED) is 0.134. The second-order valence-electron chi connectivity index (χ2n) is 7.57. The fourth-order valence-corrected chi connectivity index (χ4v) is 3.72. The number of fused-ring (bicyclic) bond motifs is 4. The molecule has 0 amide bonds. The number of aryl methyl sites for hydroxylation is 1. The number of halogens is 1. The number of nitrogens with two attached hydrogens (primary N) is 1. The lowest BCUT2D eigenvalue weighted by molar-refractivity contribution is -0.143. The molecular weight excluding hydrogens is 442 g/mol. The van der Waals surface area contributed by atoms with Crippen molar-refractivity contribution in [3.05, 3.63) is 47.3 Å². The van der Waals surface area contributed by atoms with E-state index in [9.17, 15) is 4.79 Å². The van der Waals surface area contributed by atoms with Crippen molar-refractivity contribution in [2.45, 2.75) is 33.6 Å². The third-order valence-electron chi connectivity index (χ3n) is 5.23. The molecule has 0 aromatic heterocycles. The van der Waals surface area contributed by atoms with E-state index in [2.05, 4.69) is 4.99 Å². The molecular formula is C25H28ClN3O4. The van der Waals surface area contributed by atoms with Crippen LogP contribution in [0, 0.1) is 6.92 Å². The SMILES string of the molecule is CCN=c1cc2oc3cc(N)c4ccc(OCCCC(=O)OCC)cc4c3nc-2cc1C.Cl. The summed E-state index contributed by atoms with van der Waals surface area (Å²) in [6.45, 7) is 7.32. The Balaban J connectivity index is 0.00000306. The number of rotatable bonds is 7. The van der Waals surface area contributed by atoms with Gasteiger partial charge in [-0.1, -0.05) is 0 Å². The number of esters is 1. The zero-order valence-electron chi connectivity index (χ0n) is 19.0. The summed E-state index contributed by atoms with van der Waals surface area (Å²) in [5, 5.41) is 2.64. The van der Waals surface area contributed by atoms with Gasteiger partial charge in [-0.2, -0.15) is 0 Å². The van der Waals surface area contributed by atoms with Gasteiger partial charge in [-0.15, -0.1) is 12.4 Å². The Morgan fingerprint density at radius 2 is 1.97 bits per heavy atom. The molecule has 33 heavy (non-hydrogen) atoms. The molecule has 1 aliphatic carbocycles. The van der Waals surface area contributed by atoms with Gasteiger partial charge in [0.2, 0.25) is 0 Å². The zero-order valence-corrected chi connectivity index (χ0v) is 19.8. The first-order chi connectivity index (χ1) is 15.5. The largest absolute Gasteiger partial charge is 0.494 e. The Hall–Kier alpha value is -3.32. The van der Waals surface area contributed by atoms with E-state index in [0.717, 1.165) is 32.9 Å². The molecule has 0 bridgehead atoms. The molecule has 0 unspecified atom stereocenters. The molecule has 2 aliphatic rings. The van der Waals surface area contributed by atoms with Crippen LogP contribution in [-0.4, -0.2) is 30.7 Å². The number of benzene rings is 3. The molecule has 0 radical (unpaired) electrons. The van der Waals surface area contributed by atoms with Crippen molar-refractivity contribution in [1.29, 1.82) is 0 Å². The number of carbonyl (C=O) groups excluding carboxylic acids is 1. The van der Waals surface area contributed by atoms with Crippen LogP contribution in [0.25, 0.3) is 33.3 Å². The number of nitrogens with zero attached hydrogens (tertiary/aromatic N) is 2. The topological polar surface area (TPSA) is 99.9 Å². The van der Waals surface area contributed by atoms with Crippen molar-refractivity contribution in [3.8, 4) is 17.2 Å². The van der Waals surface area contributed by atoms with Gasteiger partial charge in [-0.3, -0.25) is 9.79 Å². The van der Waals surface area contributed by atoms with Crippen molar-refractivity contribution in [3.63, 3.8) is 0 Å². The molecule has 2 aromatic rings. The fraction of sp³-hybridized carbons (Fsp3) is 0.320. The zero-order chi connectivity index (χ0) is 22.7. The van der Waals surface area contributed by atoms with E-state index >= 15 is 0 Å². The van der Waals surface area contributed by atoms with Crippen LogP contribution in [-0.2, 0) is 9.53 Å². The van der Waals surface area contributed by atoms with Crippen LogP contribution in [0.2, 0.25) is 0 Å². The standard InChI is InChI=1S/C25H27N3O4.ClH/c1-4-27-20-14-22-21(11-15(20)3)28-25-18-12-16(31-10-6-7-24(29)30-5-2)8-9-17(18)19(26)13-23(25)32-22;/h8-9,11-14H,4-7,10,26H2,1-3H3;1H. The number of carbonyl (C=O) groups is 1. The molecule has 2 N–H and O–H groups in total. The first-order valence-corrected chi connectivity index (χ1v) is 10.9. The summed E-state index contributed by atoms with van der Waals surface area (Å²) >= 11 is 0. The van der Waals surface area contributed by atoms with Crippen LogP contribution in [0.1, 0.15) is 32.3 Å². The van der Waals surface area contributed by atoms with E-state index in [0.29, 0.717) is 55.4 Å². The van der Waals surface area contributed by atoms with Crippen molar-refractivity contribution < 1.29 is 18.7 Å². The summed E-state index contributed by atoms with van der Waals surface area (Å²) in [5.74, 6) is 1.14. The van der Waals surface area contributed by atoms with Gasteiger partial charge in [0.15, 0.2) is 11.3 Å². The number of anilines is 1. The molecule has 0 saturated heterocycles. The fourth-order valence-electron chi connectivity index (χ4n) is 3.72. The Morgan fingerprint density at radius 1 is 1.15 bits per heavy atom. The minimum absolute atomic E-state index is 0. The maximum absolute atomic E-state index is 11.5.